The molecule has 0 unspecified atom stereocenters. The predicted molar refractivity (Wildman–Crippen MR) is 86.8 cm³/mol. The van der Waals surface area contributed by atoms with Gasteiger partial charge in [-0.15, -0.1) is 11.3 Å². The van der Waals surface area contributed by atoms with Crippen molar-refractivity contribution < 1.29 is 9.90 Å². The predicted octanol–water partition coefficient (Wildman–Crippen LogP) is 3.35. The molecule has 1 aromatic carbocycles. The molecule has 2 rings (SSSR count). The van der Waals surface area contributed by atoms with E-state index in [0.29, 0.717) is 11.3 Å². The molecule has 21 heavy (non-hydrogen) atoms. The van der Waals surface area contributed by atoms with E-state index in [1.165, 1.54) is 11.3 Å². The van der Waals surface area contributed by atoms with Crippen LogP contribution in [-0.4, -0.2) is 17.6 Å². The van der Waals surface area contributed by atoms with Gasteiger partial charge in [-0.3, -0.25) is 4.79 Å². The molecule has 1 amide bonds. The number of carbonyl (C=O) groups excluding carboxylic acids is 1. The molecule has 3 nitrogen and oxygen atoms in total. The Kier molecular flexibility index (Phi) is 5.15. The van der Waals surface area contributed by atoms with Crippen LogP contribution in [0, 0.1) is 25.7 Å². The van der Waals surface area contributed by atoms with Crippen molar-refractivity contribution in [2.75, 3.05) is 11.9 Å². The van der Waals surface area contributed by atoms with E-state index >= 15 is 0 Å². The maximum atomic E-state index is 12.1. The first-order valence-electron chi connectivity index (χ1n) is 6.68. The molecule has 0 aliphatic carbocycles. The summed E-state index contributed by atoms with van der Waals surface area (Å²) in [5, 5.41) is 11.6. The van der Waals surface area contributed by atoms with Gasteiger partial charge >= 0.3 is 0 Å². The highest BCUT2D eigenvalue weighted by atomic mass is 32.1. The van der Waals surface area contributed by atoms with Crippen molar-refractivity contribution >= 4 is 22.9 Å². The van der Waals surface area contributed by atoms with E-state index in [0.717, 1.165) is 21.7 Å². The number of rotatable bonds is 3. The summed E-state index contributed by atoms with van der Waals surface area (Å²) < 4.78 is 0. The minimum atomic E-state index is -0.105. The third-order valence-corrected chi connectivity index (χ3v) is 3.92. The number of nitrogens with one attached hydrogen (secondary N) is 1. The van der Waals surface area contributed by atoms with E-state index in [-0.39, 0.29) is 12.5 Å². The molecule has 0 bridgehead atoms. The van der Waals surface area contributed by atoms with Crippen LogP contribution in [0.1, 0.15) is 32.1 Å². The number of amides is 1. The second-order valence-corrected chi connectivity index (χ2v) is 5.96. The molecule has 0 radical (unpaired) electrons. The Bertz CT molecular complexity index is 707. The number of aliphatic hydroxyl groups excluding tert-OH is 1. The molecular weight excluding hydrogens is 282 g/mol. The standard InChI is InChI=1S/C17H17NO2S/c1-12-6-8-15(11-14(12)5-3-4-10-19)18-17(20)16-9-7-13(2)21-16/h6-9,11,19H,4,10H2,1-2H3,(H,18,20). The number of carbonyl (C=O) groups is 1. The van der Waals surface area contributed by atoms with E-state index in [4.69, 9.17) is 5.11 Å². The van der Waals surface area contributed by atoms with Crippen molar-refractivity contribution in [3.63, 3.8) is 0 Å². The summed E-state index contributed by atoms with van der Waals surface area (Å²) in [6.45, 7) is 4.00. The molecule has 108 valence electrons. The Balaban J connectivity index is 2.16. The van der Waals surface area contributed by atoms with Gasteiger partial charge in [-0.1, -0.05) is 17.9 Å². The zero-order valence-corrected chi connectivity index (χ0v) is 12.9. The minimum absolute atomic E-state index is 0.0558. The van der Waals surface area contributed by atoms with Crippen LogP contribution in [-0.2, 0) is 0 Å². The molecule has 0 fully saturated rings. The fourth-order valence-electron chi connectivity index (χ4n) is 1.80. The molecule has 0 aliphatic rings. The van der Waals surface area contributed by atoms with Crippen molar-refractivity contribution in [2.45, 2.75) is 20.3 Å². The van der Waals surface area contributed by atoms with Crippen molar-refractivity contribution in [2.24, 2.45) is 0 Å². The fraction of sp³-hybridized carbons (Fsp3) is 0.235. The lowest BCUT2D eigenvalue weighted by Gasteiger charge is -2.06. The van der Waals surface area contributed by atoms with E-state index in [1.807, 2.05) is 44.2 Å². The second kappa shape index (κ2) is 7.07. The average molecular weight is 299 g/mol. The van der Waals surface area contributed by atoms with Crippen LogP contribution in [0.15, 0.2) is 30.3 Å². The molecule has 0 spiro atoms. The van der Waals surface area contributed by atoms with Gasteiger partial charge in [-0.2, -0.15) is 0 Å². The fourth-order valence-corrected chi connectivity index (χ4v) is 2.56. The summed E-state index contributed by atoms with van der Waals surface area (Å²) in [6, 6.07) is 9.41. The highest BCUT2D eigenvalue weighted by Crippen LogP contribution is 2.19. The van der Waals surface area contributed by atoms with E-state index in [2.05, 4.69) is 17.2 Å². The van der Waals surface area contributed by atoms with E-state index in [1.54, 1.807) is 0 Å². The molecule has 4 heteroatoms. The van der Waals surface area contributed by atoms with Gasteiger partial charge in [0.15, 0.2) is 0 Å². The minimum Gasteiger partial charge on any atom is -0.395 e. The van der Waals surface area contributed by atoms with Crippen LogP contribution < -0.4 is 5.32 Å². The summed E-state index contributed by atoms with van der Waals surface area (Å²) in [7, 11) is 0. The quantitative estimate of drug-likeness (QED) is 0.854. The van der Waals surface area contributed by atoms with Crippen LogP contribution in [0.4, 0.5) is 5.69 Å². The van der Waals surface area contributed by atoms with Crippen LogP contribution in [0.5, 0.6) is 0 Å². The van der Waals surface area contributed by atoms with Crippen molar-refractivity contribution in [3.8, 4) is 11.8 Å². The molecule has 0 atom stereocenters. The topological polar surface area (TPSA) is 49.3 Å². The first kappa shape index (κ1) is 15.3. The van der Waals surface area contributed by atoms with Gasteiger partial charge in [-0.25, -0.2) is 0 Å². The molecule has 1 aromatic heterocycles. The zero-order valence-electron chi connectivity index (χ0n) is 12.1. The van der Waals surface area contributed by atoms with Gasteiger partial charge in [0.1, 0.15) is 0 Å². The van der Waals surface area contributed by atoms with Crippen molar-refractivity contribution in [3.05, 3.63) is 51.2 Å². The smallest absolute Gasteiger partial charge is 0.265 e. The lowest BCUT2D eigenvalue weighted by atomic mass is 10.1. The van der Waals surface area contributed by atoms with E-state index in [9.17, 15) is 4.79 Å². The molecule has 0 aliphatic heterocycles. The number of benzene rings is 1. The number of hydrogen-bond acceptors (Lipinski definition) is 3. The second-order valence-electron chi connectivity index (χ2n) is 4.67. The van der Waals surface area contributed by atoms with Crippen LogP contribution in [0.2, 0.25) is 0 Å². The first-order chi connectivity index (χ1) is 10.1. The Morgan fingerprint density at radius 3 is 2.76 bits per heavy atom. The van der Waals surface area contributed by atoms with Gasteiger partial charge in [0, 0.05) is 22.5 Å². The summed E-state index contributed by atoms with van der Waals surface area (Å²) in [5.41, 5.74) is 2.64. The van der Waals surface area contributed by atoms with Gasteiger partial charge in [0.2, 0.25) is 0 Å². The van der Waals surface area contributed by atoms with Gasteiger partial charge in [-0.05, 0) is 43.7 Å². The third kappa shape index (κ3) is 4.19. The average Bonchev–Trinajstić information content (AvgIpc) is 2.89. The summed E-state index contributed by atoms with van der Waals surface area (Å²) >= 11 is 1.47. The van der Waals surface area contributed by atoms with Gasteiger partial charge < -0.3 is 10.4 Å². The number of aliphatic hydroxyl groups is 1. The van der Waals surface area contributed by atoms with Crippen molar-refractivity contribution in [1.29, 1.82) is 0 Å². The summed E-state index contributed by atoms with van der Waals surface area (Å²) in [4.78, 5) is 13.9. The number of anilines is 1. The SMILES string of the molecule is Cc1ccc(C(=O)Nc2ccc(C)c(C#CCCO)c2)s1. The Labute approximate surface area is 128 Å². The zero-order chi connectivity index (χ0) is 15.2. The van der Waals surface area contributed by atoms with Crippen LogP contribution in [0.25, 0.3) is 0 Å². The largest absolute Gasteiger partial charge is 0.395 e. The third-order valence-electron chi connectivity index (χ3n) is 2.92. The highest BCUT2D eigenvalue weighted by molar-refractivity contribution is 7.14. The molecular formula is C17H17NO2S. The van der Waals surface area contributed by atoms with E-state index < -0.39 is 0 Å². The summed E-state index contributed by atoms with van der Waals surface area (Å²) in [5.74, 6) is 5.80. The normalized spacial score (nSPS) is 9.86. The molecule has 0 saturated heterocycles. The maximum absolute atomic E-state index is 12.1. The van der Waals surface area contributed by atoms with Crippen LogP contribution >= 0.6 is 11.3 Å². The maximum Gasteiger partial charge on any atom is 0.265 e. The lowest BCUT2D eigenvalue weighted by Crippen LogP contribution is -2.10. The molecule has 2 aromatic rings. The number of hydrogen-bond donors (Lipinski definition) is 2. The number of thiophene rings is 1. The van der Waals surface area contributed by atoms with Gasteiger partial charge in [0.05, 0.1) is 11.5 Å². The molecule has 2 N–H and O–H groups in total. The molecule has 0 saturated carbocycles. The summed E-state index contributed by atoms with van der Waals surface area (Å²) in [6.07, 6.45) is 0.449. The van der Waals surface area contributed by atoms with Gasteiger partial charge in [0.25, 0.3) is 5.91 Å². The Hall–Kier alpha value is -2.09. The lowest BCUT2D eigenvalue weighted by molar-refractivity contribution is 0.103. The first-order valence-corrected chi connectivity index (χ1v) is 7.50. The highest BCUT2D eigenvalue weighted by Gasteiger charge is 2.08. The van der Waals surface area contributed by atoms with Crippen LogP contribution in [0.3, 0.4) is 0 Å². The monoisotopic (exact) mass is 299 g/mol. The van der Waals surface area contributed by atoms with Crippen molar-refractivity contribution in [1.82, 2.24) is 0 Å². The number of aryl methyl sites for hydroxylation is 2. The molecule has 1 heterocycles. The Morgan fingerprint density at radius 1 is 1.29 bits per heavy atom. The Morgan fingerprint density at radius 2 is 2.10 bits per heavy atom.